The summed E-state index contributed by atoms with van der Waals surface area (Å²) >= 11 is 3.49. The Balaban J connectivity index is 2.05. The normalized spacial score (nSPS) is 20.8. The summed E-state index contributed by atoms with van der Waals surface area (Å²) in [6, 6.07) is 3.63. The van der Waals surface area contributed by atoms with Crippen LogP contribution in [0.3, 0.4) is 0 Å². The highest BCUT2D eigenvalue weighted by molar-refractivity contribution is 9.09. The van der Waals surface area contributed by atoms with Gasteiger partial charge in [-0.1, -0.05) is 15.9 Å². The summed E-state index contributed by atoms with van der Waals surface area (Å²) in [4.78, 5) is 18.1. The minimum absolute atomic E-state index is 0.110. The van der Waals surface area contributed by atoms with Crippen LogP contribution in [0.1, 0.15) is 23.2 Å². The van der Waals surface area contributed by atoms with Gasteiger partial charge in [0.2, 0.25) is 0 Å². The van der Waals surface area contributed by atoms with Crippen LogP contribution in [-0.4, -0.2) is 34.2 Å². The van der Waals surface area contributed by atoms with Gasteiger partial charge in [0, 0.05) is 30.8 Å². The predicted molar refractivity (Wildman–Crippen MR) is 66.7 cm³/mol. The number of amides is 1. The number of hydrogen-bond donors (Lipinski definition) is 0. The molecule has 0 aliphatic carbocycles. The van der Waals surface area contributed by atoms with Gasteiger partial charge in [0.15, 0.2) is 0 Å². The number of rotatable bonds is 2. The summed E-state index contributed by atoms with van der Waals surface area (Å²) in [7, 11) is 0. The van der Waals surface area contributed by atoms with Gasteiger partial charge in [0.1, 0.15) is 0 Å². The van der Waals surface area contributed by atoms with E-state index in [0.29, 0.717) is 11.5 Å². The zero-order valence-electron chi connectivity index (χ0n) is 9.10. The van der Waals surface area contributed by atoms with Gasteiger partial charge >= 0.3 is 0 Å². The Morgan fingerprint density at radius 3 is 3.19 bits per heavy atom. The summed E-state index contributed by atoms with van der Waals surface area (Å²) in [5.41, 5.74) is 0.692. The van der Waals surface area contributed by atoms with Gasteiger partial charge in [-0.2, -0.15) is 0 Å². The number of piperidine rings is 1. The van der Waals surface area contributed by atoms with E-state index in [1.54, 1.807) is 18.5 Å². The molecule has 3 nitrogen and oxygen atoms in total. The molecule has 0 spiro atoms. The molecule has 1 aliphatic heterocycles. The van der Waals surface area contributed by atoms with Gasteiger partial charge in [-0.15, -0.1) is 0 Å². The second-order valence-electron chi connectivity index (χ2n) is 4.16. The van der Waals surface area contributed by atoms with E-state index in [4.69, 9.17) is 0 Å². The third-order valence-corrected chi connectivity index (χ3v) is 3.85. The van der Waals surface area contributed by atoms with Crippen LogP contribution in [0.2, 0.25) is 0 Å². The SMILES string of the molecule is O=C(c1cccnc1)N1CCCC(CBr)C1. The summed E-state index contributed by atoms with van der Waals surface area (Å²) in [6.07, 6.45) is 5.64. The highest BCUT2D eigenvalue weighted by Gasteiger charge is 2.23. The maximum atomic E-state index is 12.1. The summed E-state index contributed by atoms with van der Waals surface area (Å²) in [5, 5.41) is 0.976. The van der Waals surface area contributed by atoms with Crippen LogP contribution < -0.4 is 0 Å². The molecular weight excluding hydrogens is 268 g/mol. The Bertz CT molecular complexity index is 355. The number of pyridine rings is 1. The van der Waals surface area contributed by atoms with Crippen molar-refractivity contribution in [2.45, 2.75) is 12.8 Å². The van der Waals surface area contributed by atoms with Crippen molar-refractivity contribution < 1.29 is 4.79 Å². The van der Waals surface area contributed by atoms with Crippen LogP contribution in [0.15, 0.2) is 24.5 Å². The van der Waals surface area contributed by atoms with Crippen LogP contribution >= 0.6 is 15.9 Å². The first kappa shape index (κ1) is 11.6. The molecule has 0 radical (unpaired) electrons. The van der Waals surface area contributed by atoms with E-state index in [1.165, 1.54) is 6.42 Å². The van der Waals surface area contributed by atoms with Gasteiger partial charge in [0.05, 0.1) is 5.56 Å². The first-order valence-corrected chi connectivity index (χ1v) is 6.68. The molecule has 1 aromatic heterocycles. The average molecular weight is 283 g/mol. The fraction of sp³-hybridized carbons (Fsp3) is 0.500. The number of halogens is 1. The molecule has 1 saturated heterocycles. The lowest BCUT2D eigenvalue weighted by molar-refractivity contribution is 0.0685. The van der Waals surface area contributed by atoms with Crippen molar-refractivity contribution in [2.24, 2.45) is 5.92 Å². The smallest absolute Gasteiger partial charge is 0.255 e. The Morgan fingerprint density at radius 1 is 1.62 bits per heavy atom. The minimum Gasteiger partial charge on any atom is -0.338 e. The number of hydrogen-bond acceptors (Lipinski definition) is 2. The van der Waals surface area contributed by atoms with Crippen molar-refractivity contribution in [1.82, 2.24) is 9.88 Å². The van der Waals surface area contributed by atoms with Crippen molar-refractivity contribution >= 4 is 21.8 Å². The third kappa shape index (κ3) is 2.61. The lowest BCUT2D eigenvalue weighted by Crippen LogP contribution is -2.40. The average Bonchev–Trinajstić information content (AvgIpc) is 2.39. The number of likely N-dealkylation sites (tertiary alicyclic amines) is 1. The quantitative estimate of drug-likeness (QED) is 0.780. The topological polar surface area (TPSA) is 33.2 Å². The standard InChI is InChI=1S/C12H15BrN2O/c13-7-10-3-2-6-15(9-10)12(16)11-4-1-5-14-8-11/h1,4-5,8,10H,2-3,6-7,9H2. The van der Waals surface area contributed by atoms with Crippen LogP contribution in [0.25, 0.3) is 0 Å². The molecule has 2 heterocycles. The molecule has 86 valence electrons. The van der Waals surface area contributed by atoms with E-state index >= 15 is 0 Å². The van der Waals surface area contributed by atoms with Crippen LogP contribution in [0, 0.1) is 5.92 Å². The number of alkyl halides is 1. The van der Waals surface area contributed by atoms with E-state index in [2.05, 4.69) is 20.9 Å². The molecule has 1 amide bonds. The van der Waals surface area contributed by atoms with Crippen molar-refractivity contribution in [1.29, 1.82) is 0 Å². The summed E-state index contributed by atoms with van der Waals surface area (Å²) in [6.45, 7) is 1.73. The van der Waals surface area contributed by atoms with E-state index < -0.39 is 0 Å². The zero-order chi connectivity index (χ0) is 11.4. The molecule has 1 aliphatic rings. The number of nitrogens with zero attached hydrogens (tertiary/aromatic N) is 2. The predicted octanol–water partition coefficient (Wildman–Crippen LogP) is 2.33. The Labute approximate surface area is 104 Å². The molecule has 1 aromatic rings. The first-order valence-electron chi connectivity index (χ1n) is 5.56. The molecule has 16 heavy (non-hydrogen) atoms. The Kier molecular flexibility index (Phi) is 3.93. The van der Waals surface area contributed by atoms with Crippen molar-refractivity contribution in [3.8, 4) is 0 Å². The van der Waals surface area contributed by atoms with Gasteiger partial charge in [-0.3, -0.25) is 9.78 Å². The fourth-order valence-electron chi connectivity index (χ4n) is 2.05. The van der Waals surface area contributed by atoms with Gasteiger partial charge in [-0.25, -0.2) is 0 Å². The van der Waals surface area contributed by atoms with Crippen LogP contribution in [0.5, 0.6) is 0 Å². The molecule has 1 atom stereocenters. The number of carbonyl (C=O) groups is 1. The van der Waals surface area contributed by atoms with E-state index in [0.717, 1.165) is 24.8 Å². The molecule has 0 N–H and O–H groups in total. The molecular formula is C12H15BrN2O. The maximum absolute atomic E-state index is 12.1. The molecule has 2 rings (SSSR count). The lowest BCUT2D eigenvalue weighted by atomic mass is 10.00. The van der Waals surface area contributed by atoms with Crippen LogP contribution in [-0.2, 0) is 0 Å². The lowest BCUT2D eigenvalue weighted by Gasteiger charge is -2.31. The number of aromatic nitrogens is 1. The fourth-order valence-corrected chi connectivity index (χ4v) is 2.58. The molecule has 4 heteroatoms. The second-order valence-corrected chi connectivity index (χ2v) is 4.80. The van der Waals surface area contributed by atoms with Gasteiger partial charge in [0.25, 0.3) is 5.91 Å². The second kappa shape index (κ2) is 5.43. The van der Waals surface area contributed by atoms with Crippen LogP contribution in [0.4, 0.5) is 0 Å². The third-order valence-electron chi connectivity index (χ3n) is 2.93. The molecule has 1 unspecified atom stereocenters. The summed E-state index contributed by atoms with van der Waals surface area (Å²) < 4.78 is 0. The summed E-state index contributed by atoms with van der Waals surface area (Å²) in [5.74, 6) is 0.702. The molecule has 0 saturated carbocycles. The van der Waals surface area contributed by atoms with Crippen molar-refractivity contribution in [3.05, 3.63) is 30.1 Å². The Hall–Kier alpha value is -0.900. The highest BCUT2D eigenvalue weighted by atomic mass is 79.9. The first-order chi connectivity index (χ1) is 7.81. The molecule has 0 aromatic carbocycles. The number of carbonyl (C=O) groups excluding carboxylic acids is 1. The van der Waals surface area contributed by atoms with E-state index in [-0.39, 0.29) is 5.91 Å². The molecule has 0 bridgehead atoms. The minimum atomic E-state index is 0.110. The van der Waals surface area contributed by atoms with Crippen molar-refractivity contribution in [2.75, 3.05) is 18.4 Å². The molecule has 1 fully saturated rings. The van der Waals surface area contributed by atoms with E-state index in [9.17, 15) is 4.79 Å². The highest BCUT2D eigenvalue weighted by Crippen LogP contribution is 2.19. The Morgan fingerprint density at radius 2 is 2.50 bits per heavy atom. The monoisotopic (exact) mass is 282 g/mol. The van der Waals surface area contributed by atoms with E-state index in [1.807, 2.05) is 11.0 Å². The van der Waals surface area contributed by atoms with Crippen molar-refractivity contribution in [3.63, 3.8) is 0 Å². The largest absolute Gasteiger partial charge is 0.338 e. The maximum Gasteiger partial charge on any atom is 0.255 e. The van der Waals surface area contributed by atoms with Gasteiger partial charge in [-0.05, 0) is 30.9 Å². The zero-order valence-corrected chi connectivity index (χ0v) is 10.7. The van der Waals surface area contributed by atoms with Gasteiger partial charge < -0.3 is 4.90 Å².